The summed E-state index contributed by atoms with van der Waals surface area (Å²) in [6.45, 7) is 1.82. The minimum atomic E-state index is -4.83. The molecule has 1 fully saturated rings. The van der Waals surface area contributed by atoms with E-state index in [2.05, 4.69) is 10.6 Å². The molecule has 0 aromatic heterocycles. The fourth-order valence-corrected chi connectivity index (χ4v) is 2.41. The second-order valence-corrected chi connectivity index (χ2v) is 4.99. The highest BCUT2D eigenvalue weighted by molar-refractivity contribution is 5.81. The van der Waals surface area contributed by atoms with Crippen LogP contribution in [0.2, 0.25) is 0 Å². The number of carbonyl (C=O) groups is 1. The zero-order chi connectivity index (χ0) is 14.6. The Morgan fingerprint density at radius 3 is 2.70 bits per heavy atom. The highest BCUT2D eigenvalue weighted by Crippen LogP contribution is 2.21. The molecule has 0 aromatic rings. The number of alkyl halides is 3. The van der Waals surface area contributed by atoms with E-state index < -0.39 is 12.1 Å². The quantitative estimate of drug-likeness (QED) is 0.728. The topological polar surface area (TPSA) is 53.2 Å². The Balaban J connectivity index is 1.83. The summed E-state index contributed by atoms with van der Waals surface area (Å²) < 4.78 is 36.3. The van der Waals surface area contributed by atoms with Gasteiger partial charge in [-0.15, -0.1) is 0 Å². The molecule has 2 rings (SSSR count). The molecule has 3 N–H and O–H groups in total. The van der Waals surface area contributed by atoms with Gasteiger partial charge in [0.05, 0.1) is 6.04 Å². The molecule has 2 aliphatic heterocycles. The van der Waals surface area contributed by atoms with Crippen LogP contribution < -0.4 is 16.0 Å². The Labute approximate surface area is 115 Å². The third-order valence-electron chi connectivity index (χ3n) is 3.49. The molecular weight excluding hydrogens is 271 g/mol. The van der Waals surface area contributed by atoms with E-state index >= 15 is 0 Å². The van der Waals surface area contributed by atoms with Crippen molar-refractivity contribution in [2.45, 2.75) is 25.1 Å². The minimum Gasteiger partial charge on any atom is -0.380 e. The van der Waals surface area contributed by atoms with Crippen LogP contribution in [0, 0.1) is 5.92 Å². The Kier molecular flexibility index (Phi) is 4.69. The number of halogens is 3. The number of carbonyl (C=O) groups excluding carboxylic acids is 1. The number of dihydropyridines is 1. The molecule has 0 radical (unpaired) electrons. The van der Waals surface area contributed by atoms with Crippen LogP contribution in [0.1, 0.15) is 12.8 Å². The van der Waals surface area contributed by atoms with Gasteiger partial charge in [-0.25, -0.2) is 0 Å². The van der Waals surface area contributed by atoms with E-state index in [1.54, 1.807) is 6.08 Å². The molecule has 2 heterocycles. The van der Waals surface area contributed by atoms with Gasteiger partial charge >= 0.3 is 12.1 Å². The van der Waals surface area contributed by atoms with Crippen molar-refractivity contribution in [3.63, 3.8) is 0 Å². The first-order valence-electron chi connectivity index (χ1n) is 6.67. The predicted octanol–water partition coefficient (Wildman–Crippen LogP) is 1.08. The maximum atomic E-state index is 12.1. The molecule has 4 nitrogen and oxygen atoms in total. The first-order chi connectivity index (χ1) is 9.47. The molecule has 0 aromatic carbocycles. The molecule has 0 spiro atoms. The summed E-state index contributed by atoms with van der Waals surface area (Å²) in [5.41, 5.74) is 1.04. The second kappa shape index (κ2) is 6.30. The van der Waals surface area contributed by atoms with Gasteiger partial charge in [-0.1, -0.05) is 12.2 Å². The smallest absolute Gasteiger partial charge is 0.380 e. The summed E-state index contributed by atoms with van der Waals surface area (Å²) in [6.07, 6.45) is 2.73. The summed E-state index contributed by atoms with van der Waals surface area (Å²) in [4.78, 5) is 10.8. The SMILES string of the molecule is O=C(NCC1C=CC=C(C2CCNCC2)N1)C(F)(F)F. The van der Waals surface area contributed by atoms with Gasteiger partial charge < -0.3 is 16.0 Å². The molecule has 1 saturated heterocycles. The van der Waals surface area contributed by atoms with Gasteiger partial charge in [-0.2, -0.15) is 13.2 Å². The van der Waals surface area contributed by atoms with E-state index in [0.29, 0.717) is 5.92 Å². The lowest BCUT2D eigenvalue weighted by Crippen LogP contribution is -2.46. The monoisotopic (exact) mass is 289 g/mol. The number of hydrogen-bond donors (Lipinski definition) is 3. The maximum Gasteiger partial charge on any atom is 0.471 e. The molecular formula is C13H18F3N3O. The van der Waals surface area contributed by atoms with Gasteiger partial charge in [0.25, 0.3) is 0 Å². The van der Waals surface area contributed by atoms with E-state index in [4.69, 9.17) is 0 Å². The minimum absolute atomic E-state index is 0.0723. The fourth-order valence-electron chi connectivity index (χ4n) is 2.41. The van der Waals surface area contributed by atoms with Crippen LogP contribution in [0.15, 0.2) is 23.9 Å². The average molecular weight is 289 g/mol. The second-order valence-electron chi connectivity index (χ2n) is 4.99. The van der Waals surface area contributed by atoms with E-state index in [1.165, 1.54) is 0 Å². The first kappa shape index (κ1) is 14.9. The number of piperidine rings is 1. The third-order valence-corrected chi connectivity index (χ3v) is 3.49. The van der Waals surface area contributed by atoms with Crippen LogP contribution in [0.5, 0.6) is 0 Å². The van der Waals surface area contributed by atoms with Crippen LogP contribution in [-0.4, -0.2) is 37.8 Å². The number of allylic oxidation sites excluding steroid dienone is 3. The molecule has 20 heavy (non-hydrogen) atoms. The van der Waals surface area contributed by atoms with Crippen molar-refractivity contribution in [2.24, 2.45) is 5.92 Å². The summed E-state index contributed by atoms with van der Waals surface area (Å²) in [5, 5.41) is 8.36. The van der Waals surface area contributed by atoms with Crippen molar-refractivity contribution in [1.29, 1.82) is 0 Å². The fraction of sp³-hybridized carbons (Fsp3) is 0.615. The normalized spacial score (nSPS) is 23.9. The third kappa shape index (κ3) is 4.00. The van der Waals surface area contributed by atoms with Crippen molar-refractivity contribution in [2.75, 3.05) is 19.6 Å². The Morgan fingerprint density at radius 1 is 1.35 bits per heavy atom. The van der Waals surface area contributed by atoms with Crippen LogP contribution in [0.25, 0.3) is 0 Å². The van der Waals surface area contributed by atoms with Crippen molar-refractivity contribution in [3.05, 3.63) is 23.9 Å². The lowest BCUT2D eigenvalue weighted by molar-refractivity contribution is -0.173. The first-order valence-corrected chi connectivity index (χ1v) is 6.67. The highest BCUT2D eigenvalue weighted by Gasteiger charge is 2.38. The van der Waals surface area contributed by atoms with E-state index in [-0.39, 0.29) is 12.6 Å². The molecule has 112 valence electrons. The van der Waals surface area contributed by atoms with Crippen LogP contribution in [-0.2, 0) is 4.79 Å². The summed E-state index contributed by atoms with van der Waals surface area (Å²) >= 11 is 0. The van der Waals surface area contributed by atoms with Crippen LogP contribution >= 0.6 is 0 Å². The molecule has 1 amide bonds. The van der Waals surface area contributed by atoms with Gasteiger partial charge in [0.2, 0.25) is 0 Å². The Hall–Kier alpha value is -1.50. The highest BCUT2D eigenvalue weighted by atomic mass is 19.4. The van der Waals surface area contributed by atoms with Crippen molar-refractivity contribution in [3.8, 4) is 0 Å². The van der Waals surface area contributed by atoms with Crippen LogP contribution in [0.4, 0.5) is 13.2 Å². The summed E-state index contributed by atoms with van der Waals surface area (Å²) in [6, 6.07) is -0.295. The Bertz CT molecular complexity index is 412. The van der Waals surface area contributed by atoms with E-state index in [0.717, 1.165) is 31.6 Å². The zero-order valence-corrected chi connectivity index (χ0v) is 11.0. The van der Waals surface area contributed by atoms with E-state index in [1.807, 2.05) is 17.5 Å². The molecule has 1 atom stereocenters. The molecule has 0 saturated carbocycles. The molecule has 0 aliphatic carbocycles. The van der Waals surface area contributed by atoms with Gasteiger partial charge in [0.15, 0.2) is 0 Å². The van der Waals surface area contributed by atoms with E-state index in [9.17, 15) is 18.0 Å². The molecule has 2 aliphatic rings. The lowest BCUT2D eigenvalue weighted by Gasteiger charge is -2.30. The number of nitrogens with one attached hydrogen (secondary N) is 3. The van der Waals surface area contributed by atoms with Gasteiger partial charge in [-0.3, -0.25) is 4.79 Å². The Morgan fingerprint density at radius 2 is 2.05 bits per heavy atom. The van der Waals surface area contributed by atoms with Crippen molar-refractivity contribution in [1.82, 2.24) is 16.0 Å². The van der Waals surface area contributed by atoms with Crippen molar-refractivity contribution >= 4 is 5.91 Å². The molecule has 1 unspecified atom stereocenters. The summed E-state index contributed by atoms with van der Waals surface area (Å²) in [5.74, 6) is -1.49. The maximum absolute atomic E-state index is 12.1. The predicted molar refractivity (Wildman–Crippen MR) is 68.8 cm³/mol. The van der Waals surface area contributed by atoms with Crippen molar-refractivity contribution < 1.29 is 18.0 Å². The van der Waals surface area contributed by atoms with Gasteiger partial charge in [0.1, 0.15) is 0 Å². The standard InChI is InChI=1S/C13H18F3N3O/c14-13(15,16)12(20)18-8-10-2-1-3-11(19-10)9-4-6-17-7-5-9/h1-3,9-10,17,19H,4-8H2,(H,18,20). The van der Waals surface area contributed by atoms with Gasteiger partial charge in [-0.05, 0) is 32.0 Å². The summed E-state index contributed by atoms with van der Waals surface area (Å²) in [7, 11) is 0. The number of amides is 1. The zero-order valence-electron chi connectivity index (χ0n) is 11.0. The van der Waals surface area contributed by atoms with Gasteiger partial charge in [0, 0.05) is 18.2 Å². The molecule has 7 heteroatoms. The number of rotatable bonds is 3. The van der Waals surface area contributed by atoms with Crippen LogP contribution in [0.3, 0.4) is 0 Å². The largest absolute Gasteiger partial charge is 0.471 e. The number of hydrogen-bond acceptors (Lipinski definition) is 3. The lowest BCUT2D eigenvalue weighted by atomic mass is 9.92. The average Bonchev–Trinajstić information content (AvgIpc) is 2.45. The molecule has 0 bridgehead atoms.